The smallest absolute Gasteiger partial charge is 0.222 e. The Hall–Kier alpha value is -3.09. The van der Waals surface area contributed by atoms with Crippen LogP contribution < -0.4 is 14.2 Å². The maximum Gasteiger partial charge on any atom is 0.222 e. The molecule has 1 saturated heterocycles. The molecule has 2 aromatic rings. The molecule has 2 heterocycles. The van der Waals surface area contributed by atoms with E-state index < -0.39 is 0 Å². The third kappa shape index (κ3) is 5.34. The Kier molecular flexibility index (Phi) is 6.70. The average Bonchev–Trinajstić information content (AvgIpc) is 2.82. The lowest BCUT2D eigenvalue weighted by Gasteiger charge is -2.31. The number of halogens is 1. The summed E-state index contributed by atoms with van der Waals surface area (Å²) in [5.41, 5.74) is 0.631. The van der Waals surface area contributed by atoms with Gasteiger partial charge in [0.2, 0.25) is 5.91 Å². The third-order valence-corrected chi connectivity index (χ3v) is 5.66. The molecule has 0 unspecified atom stereocenters. The molecule has 164 valence electrons. The molecule has 0 spiro atoms. The van der Waals surface area contributed by atoms with Gasteiger partial charge in [0.1, 0.15) is 24.8 Å². The first kappa shape index (κ1) is 21.2. The number of benzene rings is 2. The zero-order valence-corrected chi connectivity index (χ0v) is 17.3. The lowest BCUT2D eigenvalue weighted by atomic mass is 9.88. The van der Waals surface area contributed by atoms with E-state index in [0.29, 0.717) is 81.4 Å². The fourth-order valence-corrected chi connectivity index (χ4v) is 3.93. The number of likely N-dealkylation sites (tertiary alicyclic amines) is 1. The number of amides is 1. The van der Waals surface area contributed by atoms with E-state index in [2.05, 4.69) is 0 Å². The first-order valence-electron chi connectivity index (χ1n) is 10.7. The van der Waals surface area contributed by atoms with Crippen LogP contribution >= 0.6 is 0 Å². The van der Waals surface area contributed by atoms with E-state index in [0.717, 1.165) is 0 Å². The second-order valence-electron chi connectivity index (χ2n) is 7.78. The van der Waals surface area contributed by atoms with Crippen molar-refractivity contribution in [3.05, 3.63) is 53.8 Å². The van der Waals surface area contributed by atoms with E-state index in [-0.39, 0.29) is 23.4 Å². The van der Waals surface area contributed by atoms with Crippen molar-refractivity contribution in [2.45, 2.75) is 25.7 Å². The number of carbonyl (C=O) groups is 2. The molecule has 0 bridgehead atoms. The molecule has 1 fully saturated rings. The number of hydrogen-bond donors (Lipinski definition) is 0. The maximum absolute atomic E-state index is 12.9. The molecule has 7 heteroatoms. The molecule has 0 N–H and O–H groups in total. The summed E-state index contributed by atoms with van der Waals surface area (Å²) in [5.74, 6) is 1.66. The van der Waals surface area contributed by atoms with Gasteiger partial charge < -0.3 is 19.1 Å². The molecule has 2 aliphatic rings. The van der Waals surface area contributed by atoms with Crippen molar-refractivity contribution < 1.29 is 28.2 Å². The molecular weight excluding hydrogens is 401 g/mol. The van der Waals surface area contributed by atoms with Crippen molar-refractivity contribution in [2.24, 2.45) is 5.92 Å². The van der Waals surface area contributed by atoms with Crippen molar-refractivity contribution in [1.29, 1.82) is 0 Å². The van der Waals surface area contributed by atoms with Crippen molar-refractivity contribution in [3.63, 3.8) is 0 Å². The molecule has 0 aliphatic carbocycles. The number of hydrogen-bond acceptors (Lipinski definition) is 5. The van der Waals surface area contributed by atoms with Crippen molar-refractivity contribution in [2.75, 3.05) is 32.9 Å². The predicted octanol–water partition coefficient (Wildman–Crippen LogP) is 3.88. The molecule has 2 aliphatic heterocycles. The van der Waals surface area contributed by atoms with Crippen LogP contribution in [0.25, 0.3) is 0 Å². The fourth-order valence-electron chi connectivity index (χ4n) is 3.93. The van der Waals surface area contributed by atoms with Gasteiger partial charge in [0.25, 0.3) is 0 Å². The summed E-state index contributed by atoms with van der Waals surface area (Å²) >= 11 is 0. The van der Waals surface area contributed by atoms with Crippen LogP contribution in [-0.4, -0.2) is 49.5 Å². The van der Waals surface area contributed by atoms with E-state index >= 15 is 0 Å². The van der Waals surface area contributed by atoms with Gasteiger partial charge in [-0.1, -0.05) is 0 Å². The Balaban J connectivity index is 1.20. The molecular formula is C24H26FNO5. The van der Waals surface area contributed by atoms with E-state index in [1.54, 1.807) is 30.3 Å². The molecule has 0 saturated carbocycles. The van der Waals surface area contributed by atoms with Gasteiger partial charge >= 0.3 is 0 Å². The molecule has 4 rings (SSSR count). The van der Waals surface area contributed by atoms with Crippen LogP contribution in [0.1, 0.15) is 36.0 Å². The highest BCUT2D eigenvalue weighted by atomic mass is 19.1. The summed E-state index contributed by atoms with van der Waals surface area (Å²) in [4.78, 5) is 27.2. The lowest BCUT2D eigenvalue weighted by Crippen LogP contribution is -2.40. The molecule has 0 aromatic heterocycles. The zero-order valence-electron chi connectivity index (χ0n) is 17.3. The van der Waals surface area contributed by atoms with Crippen LogP contribution in [0, 0.1) is 11.7 Å². The topological polar surface area (TPSA) is 65.1 Å². The van der Waals surface area contributed by atoms with E-state index in [9.17, 15) is 14.0 Å². The summed E-state index contributed by atoms with van der Waals surface area (Å²) in [7, 11) is 0. The van der Waals surface area contributed by atoms with Gasteiger partial charge in [-0.3, -0.25) is 9.59 Å². The SMILES string of the molecule is O=C(c1ccc2c(c1)OCCO2)C1CCN(C(=O)CCCOc2ccc(F)cc2)CC1. The Morgan fingerprint density at radius 1 is 1.00 bits per heavy atom. The van der Waals surface area contributed by atoms with Crippen LogP contribution in [0.5, 0.6) is 17.2 Å². The van der Waals surface area contributed by atoms with Crippen LogP contribution in [0.3, 0.4) is 0 Å². The van der Waals surface area contributed by atoms with E-state index in [1.807, 2.05) is 4.90 Å². The average molecular weight is 427 g/mol. The molecule has 0 radical (unpaired) electrons. The minimum absolute atomic E-state index is 0.0768. The molecule has 6 nitrogen and oxygen atoms in total. The quantitative estimate of drug-likeness (QED) is 0.496. The van der Waals surface area contributed by atoms with Crippen LogP contribution in [0.15, 0.2) is 42.5 Å². The number of fused-ring (bicyclic) bond motifs is 1. The van der Waals surface area contributed by atoms with E-state index in [1.165, 1.54) is 12.1 Å². The first-order valence-corrected chi connectivity index (χ1v) is 10.7. The highest BCUT2D eigenvalue weighted by Crippen LogP contribution is 2.32. The summed E-state index contributed by atoms with van der Waals surface area (Å²) in [6, 6.07) is 11.2. The number of ether oxygens (including phenoxy) is 3. The molecule has 2 aromatic carbocycles. The maximum atomic E-state index is 12.9. The summed E-state index contributed by atoms with van der Waals surface area (Å²) in [5, 5.41) is 0. The monoisotopic (exact) mass is 427 g/mol. The van der Waals surface area contributed by atoms with Gasteiger partial charge in [-0.2, -0.15) is 0 Å². The molecule has 31 heavy (non-hydrogen) atoms. The number of nitrogens with zero attached hydrogens (tertiary/aromatic N) is 1. The summed E-state index contributed by atoms with van der Waals surface area (Å²) in [6.07, 6.45) is 2.30. The number of carbonyl (C=O) groups excluding carboxylic acids is 2. The van der Waals surface area contributed by atoms with Crippen LogP contribution in [0.4, 0.5) is 4.39 Å². The van der Waals surface area contributed by atoms with Crippen molar-refractivity contribution in [1.82, 2.24) is 4.90 Å². The van der Waals surface area contributed by atoms with Gasteiger partial charge in [-0.15, -0.1) is 0 Å². The highest BCUT2D eigenvalue weighted by Gasteiger charge is 2.28. The lowest BCUT2D eigenvalue weighted by molar-refractivity contribution is -0.132. The zero-order chi connectivity index (χ0) is 21.6. The van der Waals surface area contributed by atoms with Crippen LogP contribution in [-0.2, 0) is 4.79 Å². The van der Waals surface area contributed by atoms with Crippen molar-refractivity contribution in [3.8, 4) is 17.2 Å². The largest absolute Gasteiger partial charge is 0.494 e. The number of piperidine rings is 1. The minimum atomic E-state index is -0.307. The first-order chi connectivity index (χ1) is 15.1. The second-order valence-corrected chi connectivity index (χ2v) is 7.78. The number of rotatable bonds is 7. The Bertz CT molecular complexity index is 922. The van der Waals surface area contributed by atoms with Gasteiger partial charge in [-0.05, 0) is 61.7 Å². The number of ketones is 1. The second kappa shape index (κ2) is 9.81. The third-order valence-electron chi connectivity index (χ3n) is 5.66. The molecule has 0 atom stereocenters. The summed E-state index contributed by atoms with van der Waals surface area (Å²) in [6.45, 7) is 2.57. The van der Waals surface area contributed by atoms with Gasteiger partial charge in [0.15, 0.2) is 17.3 Å². The van der Waals surface area contributed by atoms with Crippen LogP contribution in [0.2, 0.25) is 0 Å². The molecule has 1 amide bonds. The Morgan fingerprint density at radius 3 is 2.45 bits per heavy atom. The Labute approximate surface area is 180 Å². The van der Waals surface area contributed by atoms with Gasteiger partial charge in [-0.25, -0.2) is 4.39 Å². The predicted molar refractivity (Wildman–Crippen MR) is 112 cm³/mol. The minimum Gasteiger partial charge on any atom is -0.494 e. The van der Waals surface area contributed by atoms with Gasteiger partial charge in [0.05, 0.1) is 6.61 Å². The van der Waals surface area contributed by atoms with E-state index in [4.69, 9.17) is 14.2 Å². The summed E-state index contributed by atoms with van der Waals surface area (Å²) < 4.78 is 29.5. The number of Topliss-reactive ketones (excluding diaryl/α,β-unsaturated/α-hetero) is 1. The normalized spacial score (nSPS) is 16.1. The Morgan fingerprint density at radius 2 is 1.71 bits per heavy atom. The van der Waals surface area contributed by atoms with Gasteiger partial charge in [0, 0.05) is 31.0 Å². The fraction of sp³-hybridized carbons (Fsp3) is 0.417. The van der Waals surface area contributed by atoms with Crippen molar-refractivity contribution >= 4 is 11.7 Å². The standard InChI is InChI=1S/C24H26FNO5/c25-19-4-6-20(7-5-19)29-13-1-2-23(27)26-11-9-17(10-12-26)24(28)18-3-8-21-22(16-18)31-15-14-30-21/h3-8,16-17H,1-2,9-15H2. The highest BCUT2D eigenvalue weighted by molar-refractivity contribution is 5.98.